The second-order valence-electron chi connectivity index (χ2n) is 6.50. The number of carbonyl (C=O) groups is 1. The number of hydrogen-bond donors (Lipinski definition) is 0. The first-order chi connectivity index (χ1) is 12.8. The topological polar surface area (TPSA) is 54.5 Å². The number of halogens is 2. The van der Waals surface area contributed by atoms with Gasteiger partial charge in [0.25, 0.3) is 0 Å². The molecule has 0 N–H and O–H groups in total. The van der Waals surface area contributed by atoms with Crippen molar-refractivity contribution in [2.75, 3.05) is 11.5 Å². The van der Waals surface area contributed by atoms with Crippen molar-refractivity contribution in [2.45, 2.75) is 19.0 Å². The van der Waals surface area contributed by atoms with E-state index >= 15 is 0 Å². The van der Waals surface area contributed by atoms with Gasteiger partial charge in [-0.15, -0.1) is 0 Å². The molecule has 0 bridgehead atoms. The van der Waals surface area contributed by atoms with Crippen LogP contribution in [0.1, 0.15) is 17.5 Å². The highest BCUT2D eigenvalue weighted by Gasteiger charge is 2.34. The van der Waals surface area contributed by atoms with E-state index in [1.54, 1.807) is 29.2 Å². The Labute approximate surface area is 169 Å². The molecule has 2 aromatic carbocycles. The normalized spacial score (nSPS) is 18.7. The van der Waals surface area contributed by atoms with Gasteiger partial charge in [0.1, 0.15) is 0 Å². The summed E-state index contributed by atoms with van der Waals surface area (Å²) in [6, 6.07) is 14.2. The number of sulfone groups is 1. The van der Waals surface area contributed by atoms with Gasteiger partial charge in [0.15, 0.2) is 9.84 Å². The third-order valence-electron chi connectivity index (χ3n) is 4.51. The fraction of sp³-hybridized carbons (Fsp3) is 0.250. The van der Waals surface area contributed by atoms with E-state index in [1.165, 1.54) is 6.08 Å². The van der Waals surface area contributed by atoms with Crippen LogP contribution in [0.15, 0.2) is 54.6 Å². The van der Waals surface area contributed by atoms with E-state index in [9.17, 15) is 13.2 Å². The van der Waals surface area contributed by atoms with E-state index in [1.807, 2.05) is 30.3 Å². The molecule has 1 heterocycles. The number of carbonyl (C=O) groups excluding carboxylic acids is 1. The van der Waals surface area contributed by atoms with E-state index < -0.39 is 9.84 Å². The SMILES string of the molecule is O=C(/C=C/c1ccccc1)N(Cc1ccc(Cl)cc1Cl)C1CCS(=O)(=O)C1. The molecule has 0 aromatic heterocycles. The smallest absolute Gasteiger partial charge is 0.247 e. The summed E-state index contributed by atoms with van der Waals surface area (Å²) in [6.07, 6.45) is 3.63. The molecule has 142 valence electrons. The summed E-state index contributed by atoms with van der Waals surface area (Å²) < 4.78 is 23.8. The zero-order chi connectivity index (χ0) is 19.4. The van der Waals surface area contributed by atoms with Crippen LogP contribution in [0.5, 0.6) is 0 Å². The highest BCUT2D eigenvalue weighted by Crippen LogP contribution is 2.26. The average Bonchev–Trinajstić information content (AvgIpc) is 2.99. The summed E-state index contributed by atoms with van der Waals surface area (Å²) >= 11 is 12.2. The Morgan fingerprint density at radius 2 is 1.89 bits per heavy atom. The van der Waals surface area contributed by atoms with Crippen LogP contribution in [0.4, 0.5) is 0 Å². The molecule has 27 heavy (non-hydrogen) atoms. The van der Waals surface area contributed by atoms with Gasteiger partial charge in [0.2, 0.25) is 5.91 Å². The predicted molar refractivity (Wildman–Crippen MR) is 110 cm³/mol. The molecule has 4 nitrogen and oxygen atoms in total. The maximum absolute atomic E-state index is 12.9. The van der Waals surface area contributed by atoms with Crippen LogP contribution in [0.3, 0.4) is 0 Å². The zero-order valence-electron chi connectivity index (χ0n) is 14.5. The largest absolute Gasteiger partial charge is 0.331 e. The molecule has 1 amide bonds. The Hall–Kier alpha value is -1.82. The van der Waals surface area contributed by atoms with E-state index in [0.29, 0.717) is 16.5 Å². The van der Waals surface area contributed by atoms with Gasteiger partial charge in [0, 0.05) is 28.7 Å². The summed E-state index contributed by atoms with van der Waals surface area (Å²) in [7, 11) is -3.12. The minimum atomic E-state index is -3.12. The summed E-state index contributed by atoms with van der Waals surface area (Å²) in [6.45, 7) is 0.230. The van der Waals surface area contributed by atoms with Gasteiger partial charge in [-0.25, -0.2) is 8.42 Å². The maximum Gasteiger partial charge on any atom is 0.247 e. The number of benzene rings is 2. The molecule has 1 unspecified atom stereocenters. The molecule has 1 aliphatic heterocycles. The molecule has 0 radical (unpaired) electrons. The van der Waals surface area contributed by atoms with E-state index in [4.69, 9.17) is 23.2 Å². The van der Waals surface area contributed by atoms with Crippen LogP contribution in [-0.2, 0) is 21.2 Å². The van der Waals surface area contributed by atoms with Crippen molar-refractivity contribution in [3.63, 3.8) is 0 Å². The van der Waals surface area contributed by atoms with Crippen molar-refractivity contribution in [1.82, 2.24) is 4.90 Å². The molecule has 0 saturated carbocycles. The second kappa shape index (κ2) is 8.46. The van der Waals surface area contributed by atoms with Crippen LogP contribution < -0.4 is 0 Å². The molecule has 3 rings (SSSR count). The molecule has 1 fully saturated rings. The molecule has 1 atom stereocenters. The molecule has 1 saturated heterocycles. The molecule has 7 heteroatoms. The third-order valence-corrected chi connectivity index (χ3v) is 6.84. The van der Waals surface area contributed by atoms with Crippen LogP contribution >= 0.6 is 23.2 Å². The molecule has 1 aliphatic rings. The lowest BCUT2D eigenvalue weighted by Crippen LogP contribution is -2.39. The Bertz CT molecular complexity index is 958. The molecular formula is C20H19Cl2NO3S. The van der Waals surface area contributed by atoms with Gasteiger partial charge in [-0.05, 0) is 35.8 Å². The number of rotatable bonds is 5. The summed E-state index contributed by atoms with van der Waals surface area (Å²) in [5, 5.41) is 0.960. The predicted octanol–water partition coefficient (Wildman–Crippen LogP) is 4.22. The number of hydrogen-bond acceptors (Lipinski definition) is 3. The number of amides is 1. The van der Waals surface area contributed by atoms with E-state index in [-0.39, 0.29) is 30.0 Å². The lowest BCUT2D eigenvalue weighted by atomic mass is 10.1. The Kier molecular flexibility index (Phi) is 6.25. The van der Waals surface area contributed by atoms with Crippen molar-refractivity contribution < 1.29 is 13.2 Å². The van der Waals surface area contributed by atoms with Crippen molar-refractivity contribution in [3.8, 4) is 0 Å². The molecule has 2 aromatic rings. The molecule has 0 aliphatic carbocycles. The van der Waals surface area contributed by atoms with Crippen LogP contribution in [-0.4, -0.2) is 36.8 Å². The lowest BCUT2D eigenvalue weighted by molar-refractivity contribution is -0.128. The van der Waals surface area contributed by atoms with Gasteiger partial charge in [-0.2, -0.15) is 0 Å². The van der Waals surface area contributed by atoms with Crippen molar-refractivity contribution in [1.29, 1.82) is 0 Å². The summed E-state index contributed by atoms with van der Waals surface area (Å²) in [4.78, 5) is 14.5. The quantitative estimate of drug-likeness (QED) is 0.676. The fourth-order valence-corrected chi connectivity index (χ4v) is 5.27. The monoisotopic (exact) mass is 423 g/mol. The van der Waals surface area contributed by atoms with E-state index in [2.05, 4.69) is 0 Å². The Morgan fingerprint density at radius 3 is 2.52 bits per heavy atom. The molecule has 0 spiro atoms. The summed E-state index contributed by atoms with van der Waals surface area (Å²) in [5.41, 5.74) is 1.63. The first-order valence-electron chi connectivity index (χ1n) is 8.52. The van der Waals surface area contributed by atoms with Crippen molar-refractivity contribution in [2.24, 2.45) is 0 Å². The first-order valence-corrected chi connectivity index (χ1v) is 11.1. The Balaban J connectivity index is 1.85. The third kappa shape index (κ3) is 5.34. The van der Waals surface area contributed by atoms with Crippen LogP contribution in [0.25, 0.3) is 6.08 Å². The standard InChI is InChI=1S/C20H19Cl2NO3S/c21-17-8-7-16(19(22)12-17)13-23(18-10-11-27(25,26)14-18)20(24)9-6-15-4-2-1-3-5-15/h1-9,12,18H,10-11,13-14H2/b9-6+. The van der Waals surface area contributed by atoms with Gasteiger partial charge >= 0.3 is 0 Å². The first kappa shape index (κ1) is 19.9. The second-order valence-corrected chi connectivity index (χ2v) is 9.58. The Morgan fingerprint density at radius 1 is 1.15 bits per heavy atom. The minimum absolute atomic E-state index is 0.0247. The molecular weight excluding hydrogens is 405 g/mol. The van der Waals surface area contributed by atoms with Gasteiger partial charge in [-0.3, -0.25) is 4.79 Å². The average molecular weight is 424 g/mol. The number of nitrogens with zero attached hydrogens (tertiary/aromatic N) is 1. The summed E-state index contributed by atoms with van der Waals surface area (Å²) in [5.74, 6) is -0.173. The highest BCUT2D eigenvalue weighted by atomic mass is 35.5. The van der Waals surface area contributed by atoms with Crippen LogP contribution in [0.2, 0.25) is 10.0 Å². The van der Waals surface area contributed by atoms with Gasteiger partial charge in [0.05, 0.1) is 11.5 Å². The highest BCUT2D eigenvalue weighted by molar-refractivity contribution is 7.91. The van der Waals surface area contributed by atoms with E-state index in [0.717, 1.165) is 11.1 Å². The minimum Gasteiger partial charge on any atom is -0.331 e. The zero-order valence-corrected chi connectivity index (χ0v) is 16.8. The maximum atomic E-state index is 12.9. The van der Waals surface area contributed by atoms with Gasteiger partial charge in [-0.1, -0.05) is 59.6 Å². The van der Waals surface area contributed by atoms with Crippen LogP contribution in [0, 0.1) is 0 Å². The van der Waals surface area contributed by atoms with Crippen molar-refractivity contribution >= 4 is 45.0 Å². The fourth-order valence-electron chi connectivity index (χ4n) is 3.07. The van der Waals surface area contributed by atoms with Gasteiger partial charge < -0.3 is 4.90 Å². The van der Waals surface area contributed by atoms with Crippen molar-refractivity contribution in [3.05, 3.63) is 75.8 Å². The lowest BCUT2D eigenvalue weighted by Gasteiger charge is -2.27.